The molecule has 1 N–H and O–H groups in total. The van der Waals surface area contributed by atoms with Crippen molar-refractivity contribution in [3.8, 4) is 0 Å². The van der Waals surface area contributed by atoms with E-state index < -0.39 is 0 Å². The number of nitrogens with one attached hydrogen (secondary N) is 1. The van der Waals surface area contributed by atoms with E-state index >= 15 is 0 Å². The van der Waals surface area contributed by atoms with Crippen LogP contribution in [0.2, 0.25) is 0 Å². The summed E-state index contributed by atoms with van der Waals surface area (Å²) in [6.45, 7) is 12.3. The van der Waals surface area contributed by atoms with Crippen molar-refractivity contribution in [2.75, 3.05) is 19.8 Å². The fourth-order valence-electron chi connectivity index (χ4n) is 1.72. The monoisotopic (exact) mass is 213 g/mol. The molecule has 1 rings (SSSR count). The highest BCUT2D eigenvalue weighted by atomic mass is 16.5. The standard InChI is InChI=1S/C13H27NO/c1-11(2)13(3,4)10-14-12-6-5-8-15-9-7-12/h11-12,14H,5-10H2,1-4H3. The van der Waals surface area contributed by atoms with Gasteiger partial charge in [-0.05, 0) is 30.6 Å². The van der Waals surface area contributed by atoms with Gasteiger partial charge in [-0.25, -0.2) is 0 Å². The molecule has 0 aromatic rings. The molecule has 90 valence electrons. The number of rotatable bonds is 4. The van der Waals surface area contributed by atoms with E-state index in [0.29, 0.717) is 11.5 Å². The first-order valence-corrected chi connectivity index (χ1v) is 6.33. The summed E-state index contributed by atoms with van der Waals surface area (Å²) in [4.78, 5) is 0. The molecule has 0 aromatic carbocycles. The molecule has 0 bridgehead atoms. The van der Waals surface area contributed by atoms with Crippen molar-refractivity contribution in [2.24, 2.45) is 11.3 Å². The molecule has 1 aliphatic heterocycles. The molecule has 1 aliphatic rings. The van der Waals surface area contributed by atoms with Crippen LogP contribution in [0.25, 0.3) is 0 Å². The molecule has 1 saturated heterocycles. The molecule has 1 unspecified atom stereocenters. The van der Waals surface area contributed by atoms with E-state index in [-0.39, 0.29) is 0 Å². The van der Waals surface area contributed by atoms with Crippen LogP contribution < -0.4 is 5.32 Å². The second-order valence-electron chi connectivity index (χ2n) is 5.76. The number of hydrogen-bond acceptors (Lipinski definition) is 2. The first-order valence-electron chi connectivity index (χ1n) is 6.33. The third kappa shape index (κ3) is 4.52. The van der Waals surface area contributed by atoms with Crippen LogP contribution >= 0.6 is 0 Å². The third-order valence-corrected chi connectivity index (χ3v) is 3.86. The molecule has 0 spiro atoms. The maximum Gasteiger partial charge on any atom is 0.0480 e. The van der Waals surface area contributed by atoms with Crippen molar-refractivity contribution in [3.05, 3.63) is 0 Å². The van der Waals surface area contributed by atoms with Crippen molar-refractivity contribution in [1.29, 1.82) is 0 Å². The van der Waals surface area contributed by atoms with Crippen LogP contribution in [0.4, 0.5) is 0 Å². The summed E-state index contributed by atoms with van der Waals surface area (Å²) in [6.07, 6.45) is 3.65. The molecular weight excluding hydrogens is 186 g/mol. The van der Waals surface area contributed by atoms with Gasteiger partial charge in [-0.1, -0.05) is 27.7 Å². The lowest BCUT2D eigenvalue weighted by Gasteiger charge is -2.31. The molecule has 15 heavy (non-hydrogen) atoms. The van der Waals surface area contributed by atoms with E-state index in [1.54, 1.807) is 0 Å². The first-order chi connectivity index (χ1) is 7.02. The van der Waals surface area contributed by atoms with E-state index in [9.17, 15) is 0 Å². The normalized spacial score (nSPS) is 24.2. The average Bonchev–Trinajstić information content (AvgIpc) is 2.42. The lowest BCUT2D eigenvalue weighted by Crippen LogP contribution is -2.39. The highest BCUT2D eigenvalue weighted by molar-refractivity contribution is 4.78. The molecule has 2 nitrogen and oxygen atoms in total. The predicted octanol–water partition coefficient (Wildman–Crippen LogP) is 2.83. The molecule has 0 aliphatic carbocycles. The van der Waals surface area contributed by atoms with E-state index in [4.69, 9.17) is 4.74 Å². The van der Waals surface area contributed by atoms with Crippen LogP contribution in [0.5, 0.6) is 0 Å². The van der Waals surface area contributed by atoms with Gasteiger partial charge in [0.15, 0.2) is 0 Å². The topological polar surface area (TPSA) is 21.3 Å². The zero-order valence-corrected chi connectivity index (χ0v) is 10.8. The molecule has 1 heterocycles. The summed E-state index contributed by atoms with van der Waals surface area (Å²) in [5.41, 5.74) is 0.396. The number of ether oxygens (including phenoxy) is 1. The van der Waals surface area contributed by atoms with Gasteiger partial charge >= 0.3 is 0 Å². The van der Waals surface area contributed by atoms with Crippen LogP contribution in [0.15, 0.2) is 0 Å². The lowest BCUT2D eigenvalue weighted by atomic mass is 9.81. The minimum absolute atomic E-state index is 0.396. The van der Waals surface area contributed by atoms with Gasteiger partial charge in [0.2, 0.25) is 0 Å². The largest absolute Gasteiger partial charge is 0.381 e. The Balaban J connectivity index is 2.28. The predicted molar refractivity (Wildman–Crippen MR) is 65.1 cm³/mol. The highest BCUT2D eigenvalue weighted by Crippen LogP contribution is 2.25. The van der Waals surface area contributed by atoms with Gasteiger partial charge in [-0.15, -0.1) is 0 Å². The Labute approximate surface area is 94.8 Å². The van der Waals surface area contributed by atoms with E-state index in [0.717, 1.165) is 25.7 Å². The van der Waals surface area contributed by atoms with Crippen molar-refractivity contribution in [2.45, 2.75) is 53.0 Å². The Morgan fingerprint density at radius 2 is 2.00 bits per heavy atom. The van der Waals surface area contributed by atoms with Crippen LogP contribution in [0.3, 0.4) is 0 Å². The maximum absolute atomic E-state index is 5.46. The highest BCUT2D eigenvalue weighted by Gasteiger charge is 2.23. The van der Waals surface area contributed by atoms with Gasteiger partial charge in [-0.3, -0.25) is 0 Å². The summed E-state index contributed by atoms with van der Waals surface area (Å²) in [5.74, 6) is 0.729. The molecule has 0 amide bonds. The maximum atomic E-state index is 5.46. The van der Waals surface area contributed by atoms with Crippen LogP contribution in [-0.4, -0.2) is 25.8 Å². The fraction of sp³-hybridized carbons (Fsp3) is 1.00. The summed E-state index contributed by atoms with van der Waals surface area (Å²) in [7, 11) is 0. The van der Waals surface area contributed by atoms with Gasteiger partial charge in [-0.2, -0.15) is 0 Å². The summed E-state index contributed by atoms with van der Waals surface area (Å²) >= 11 is 0. The van der Waals surface area contributed by atoms with Gasteiger partial charge in [0, 0.05) is 25.8 Å². The minimum Gasteiger partial charge on any atom is -0.381 e. The fourth-order valence-corrected chi connectivity index (χ4v) is 1.72. The van der Waals surface area contributed by atoms with Crippen LogP contribution in [0, 0.1) is 11.3 Å². The van der Waals surface area contributed by atoms with E-state index in [1.165, 1.54) is 19.3 Å². The lowest BCUT2D eigenvalue weighted by molar-refractivity contribution is 0.141. The SMILES string of the molecule is CC(C)C(C)(C)CNC1CCCOCC1. The zero-order chi connectivity index (χ0) is 11.3. The summed E-state index contributed by atoms with van der Waals surface area (Å²) in [5, 5.41) is 3.70. The van der Waals surface area contributed by atoms with Crippen molar-refractivity contribution < 1.29 is 4.74 Å². The van der Waals surface area contributed by atoms with Crippen LogP contribution in [0.1, 0.15) is 47.0 Å². The Morgan fingerprint density at radius 3 is 2.67 bits per heavy atom. The Bertz CT molecular complexity index is 169. The van der Waals surface area contributed by atoms with Gasteiger partial charge < -0.3 is 10.1 Å². The second-order valence-corrected chi connectivity index (χ2v) is 5.76. The smallest absolute Gasteiger partial charge is 0.0480 e. The van der Waals surface area contributed by atoms with E-state index in [2.05, 4.69) is 33.0 Å². The molecule has 1 atom stereocenters. The molecular formula is C13H27NO. The molecule has 1 fully saturated rings. The Kier molecular flexibility index (Phi) is 5.07. The second kappa shape index (κ2) is 5.86. The number of hydrogen-bond donors (Lipinski definition) is 1. The third-order valence-electron chi connectivity index (χ3n) is 3.86. The zero-order valence-electron chi connectivity index (χ0n) is 10.8. The molecule has 2 heteroatoms. The quantitative estimate of drug-likeness (QED) is 0.775. The molecule has 0 radical (unpaired) electrons. The van der Waals surface area contributed by atoms with Crippen molar-refractivity contribution in [1.82, 2.24) is 5.32 Å². The first kappa shape index (κ1) is 13.0. The Morgan fingerprint density at radius 1 is 1.27 bits per heavy atom. The van der Waals surface area contributed by atoms with E-state index in [1.807, 2.05) is 0 Å². The minimum atomic E-state index is 0.396. The Hall–Kier alpha value is -0.0800. The van der Waals surface area contributed by atoms with Gasteiger partial charge in [0.05, 0.1) is 0 Å². The molecule has 0 aromatic heterocycles. The van der Waals surface area contributed by atoms with Crippen molar-refractivity contribution >= 4 is 0 Å². The summed E-state index contributed by atoms with van der Waals surface area (Å²) < 4.78 is 5.46. The molecule has 0 saturated carbocycles. The average molecular weight is 213 g/mol. The van der Waals surface area contributed by atoms with Crippen molar-refractivity contribution in [3.63, 3.8) is 0 Å². The summed E-state index contributed by atoms with van der Waals surface area (Å²) in [6, 6.07) is 0.672. The van der Waals surface area contributed by atoms with Gasteiger partial charge in [0.25, 0.3) is 0 Å². The van der Waals surface area contributed by atoms with Crippen LogP contribution in [-0.2, 0) is 4.74 Å². The van der Waals surface area contributed by atoms with Gasteiger partial charge in [0.1, 0.15) is 0 Å².